The molecule has 1 N–H and O–H groups in total. The summed E-state index contributed by atoms with van der Waals surface area (Å²) in [4.78, 5) is 22.5. The highest BCUT2D eigenvalue weighted by Crippen LogP contribution is 2.26. The lowest BCUT2D eigenvalue weighted by Crippen LogP contribution is -2.50. The predicted octanol–water partition coefficient (Wildman–Crippen LogP) is 2.53. The van der Waals surface area contributed by atoms with Gasteiger partial charge >= 0.3 is 0 Å². The second kappa shape index (κ2) is 8.07. The van der Waals surface area contributed by atoms with E-state index in [9.17, 15) is 4.79 Å². The van der Waals surface area contributed by atoms with Gasteiger partial charge in [0.25, 0.3) is 0 Å². The van der Waals surface area contributed by atoms with Gasteiger partial charge in [0.05, 0.1) is 23.5 Å². The number of fused-ring (bicyclic) bond motifs is 1. The third kappa shape index (κ3) is 4.19. The van der Waals surface area contributed by atoms with Crippen LogP contribution in [0.4, 0.5) is 0 Å². The van der Waals surface area contributed by atoms with Gasteiger partial charge in [0.2, 0.25) is 5.91 Å². The van der Waals surface area contributed by atoms with Gasteiger partial charge in [-0.25, -0.2) is 4.98 Å². The van der Waals surface area contributed by atoms with Gasteiger partial charge in [-0.15, -0.1) is 0 Å². The van der Waals surface area contributed by atoms with Gasteiger partial charge in [-0.05, 0) is 57.2 Å². The average molecular weight is 396 g/mol. The molecule has 0 unspecified atom stereocenters. The van der Waals surface area contributed by atoms with E-state index in [2.05, 4.69) is 51.0 Å². The molecule has 0 bridgehead atoms. The maximum absolute atomic E-state index is 12.5. The lowest BCUT2D eigenvalue weighted by atomic mass is 9.93. The minimum absolute atomic E-state index is 0.197. The number of imidazole rings is 1. The Balaban J connectivity index is 1.15. The Kier molecular flexibility index (Phi) is 5.31. The molecule has 0 radical (unpaired) electrons. The summed E-state index contributed by atoms with van der Waals surface area (Å²) in [5, 5.41) is 3.21. The number of carbonyl (C=O) groups is 1. The molecule has 1 aromatic heterocycles. The van der Waals surface area contributed by atoms with Crippen LogP contribution in [0, 0.1) is 5.92 Å². The summed E-state index contributed by atoms with van der Waals surface area (Å²) in [5.41, 5.74) is 2.30. The van der Waals surface area contributed by atoms with Crippen molar-refractivity contribution in [3.63, 3.8) is 0 Å². The van der Waals surface area contributed by atoms with Crippen molar-refractivity contribution >= 4 is 16.9 Å². The van der Waals surface area contributed by atoms with Crippen LogP contribution in [0.25, 0.3) is 11.0 Å². The monoisotopic (exact) mass is 395 g/mol. The maximum atomic E-state index is 12.5. The SMILES string of the molecule is Cn1c(CN2CCC(N3CCC[C@@H](C(=O)NC4CC4)C3)CC2)nc2ccccc21. The molecule has 1 aliphatic carbocycles. The molecule has 2 aromatic rings. The van der Waals surface area contributed by atoms with Crippen LogP contribution < -0.4 is 5.32 Å². The van der Waals surface area contributed by atoms with E-state index in [-0.39, 0.29) is 5.92 Å². The van der Waals surface area contributed by atoms with Gasteiger partial charge in [-0.2, -0.15) is 0 Å². The Hall–Kier alpha value is -1.92. The highest BCUT2D eigenvalue weighted by molar-refractivity contribution is 5.79. The number of benzene rings is 1. The molecule has 2 saturated heterocycles. The van der Waals surface area contributed by atoms with E-state index >= 15 is 0 Å². The van der Waals surface area contributed by atoms with Crippen LogP contribution in [-0.2, 0) is 18.4 Å². The van der Waals surface area contributed by atoms with E-state index in [4.69, 9.17) is 4.98 Å². The van der Waals surface area contributed by atoms with Gasteiger partial charge in [-0.3, -0.25) is 14.6 Å². The standard InChI is InChI=1S/C23H33N5O/c1-26-21-7-3-2-6-20(21)25-22(26)16-27-13-10-19(11-14-27)28-12-4-5-17(15-28)23(29)24-18-8-9-18/h2-3,6-7,17-19H,4-5,8-16H2,1H3,(H,24,29)/t17-/m1/s1. The highest BCUT2D eigenvalue weighted by atomic mass is 16.2. The van der Waals surface area contributed by atoms with E-state index in [0.717, 1.165) is 56.9 Å². The van der Waals surface area contributed by atoms with Crippen molar-refractivity contribution in [1.29, 1.82) is 0 Å². The fourth-order valence-corrected chi connectivity index (χ4v) is 5.08. The Morgan fingerprint density at radius 2 is 1.90 bits per heavy atom. The van der Waals surface area contributed by atoms with Crippen LogP contribution in [0.5, 0.6) is 0 Å². The quantitative estimate of drug-likeness (QED) is 0.845. The van der Waals surface area contributed by atoms with Crippen LogP contribution in [-0.4, -0.2) is 63.5 Å². The number of rotatable bonds is 5. The zero-order valence-corrected chi connectivity index (χ0v) is 17.5. The lowest BCUT2D eigenvalue weighted by Gasteiger charge is -2.42. The summed E-state index contributed by atoms with van der Waals surface area (Å²) >= 11 is 0. The first kappa shape index (κ1) is 19.1. The number of para-hydroxylation sites is 2. The van der Waals surface area contributed by atoms with E-state index in [1.165, 1.54) is 31.2 Å². The molecule has 1 atom stereocenters. The number of nitrogens with one attached hydrogen (secondary N) is 1. The molecular formula is C23H33N5O. The molecule has 1 saturated carbocycles. The van der Waals surface area contributed by atoms with Gasteiger partial charge in [-0.1, -0.05) is 12.1 Å². The van der Waals surface area contributed by atoms with E-state index in [1.54, 1.807) is 0 Å². The minimum atomic E-state index is 0.197. The molecule has 3 aliphatic rings. The second-order valence-corrected chi connectivity index (χ2v) is 9.20. The Morgan fingerprint density at radius 3 is 2.66 bits per heavy atom. The number of amides is 1. The van der Waals surface area contributed by atoms with E-state index < -0.39 is 0 Å². The fourth-order valence-electron chi connectivity index (χ4n) is 5.08. The minimum Gasteiger partial charge on any atom is -0.353 e. The topological polar surface area (TPSA) is 53.4 Å². The number of aryl methyl sites for hydroxylation is 1. The van der Waals surface area contributed by atoms with Gasteiger partial charge in [0.1, 0.15) is 5.82 Å². The van der Waals surface area contributed by atoms with Gasteiger partial charge < -0.3 is 9.88 Å². The molecule has 2 aliphatic heterocycles. The fraction of sp³-hybridized carbons (Fsp3) is 0.652. The first-order valence-electron chi connectivity index (χ1n) is 11.3. The number of hydrogen-bond donors (Lipinski definition) is 1. The summed E-state index contributed by atoms with van der Waals surface area (Å²) in [6, 6.07) is 9.48. The summed E-state index contributed by atoms with van der Waals surface area (Å²) < 4.78 is 2.23. The van der Waals surface area contributed by atoms with Crippen molar-refractivity contribution in [1.82, 2.24) is 24.7 Å². The van der Waals surface area contributed by atoms with Crippen molar-refractivity contribution < 1.29 is 4.79 Å². The number of nitrogens with zero attached hydrogens (tertiary/aromatic N) is 4. The van der Waals surface area contributed by atoms with E-state index in [0.29, 0.717) is 18.0 Å². The normalized spacial score (nSPS) is 24.8. The Labute approximate surface area is 173 Å². The molecule has 3 fully saturated rings. The summed E-state index contributed by atoms with van der Waals surface area (Å²) in [6.45, 7) is 5.26. The molecule has 3 heterocycles. The number of carbonyl (C=O) groups excluding carboxylic acids is 1. The molecule has 6 nitrogen and oxygen atoms in total. The number of likely N-dealkylation sites (tertiary alicyclic amines) is 2. The van der Waals surface area contributed by atoms with Crippen LogP contribution in [0.3, 0.4) is 0 Å². The van der Waals surface area contributed by atoms with Crippen LogP contribution in [0.1, 0.15) is 44.3 Å². The largest absolute Gasteiger partial charge is 0.353 e. The predicted molar refractivity (Wildman–Crippen MR) is 114 cm³/mol. The summed E-state index contributed by atoms with van der Waals surface area (Å²) in [6.07, 6.45) is 6.95. The zero-order valence-electron chi connectivity index (χ0n) is 17.5. The summed E-state index contributed by atoms with van der Waals surface area (Å²) in [7, 11) is 2.12. The maximum Gasteiger partial charge on any atom is 0.224 e. The number of piperidine rings is 2. The van der Waals surface area contributed by atoms with Crippen molar-refractivity contribution in [3.8, 4) is 0 Å². The molecular weight excluding hydrogens is 362 g/mol. The molecule has 5 rings (SSSR count). The molecule has 1 aromatic carbocycles. The third-order valence-corrected chi connectivity index (χ3v) is 7.07. The lowest BCUT2D eigenvalue weighted by molar-refractivity contribution is -0.127. The van der Waals surface area contributed by atoms with Gasteiger partial charge in [0, 0.05) is 38.8 Å². The molecule has 156 valence electrons. The molecule has 29 heavy (non-hydrogen) atoms. The second-order valence-electron chi connectivity index (χ2n) is 9.20. The molecule has 0 spiro atoms. The highest BCUT2D eigenvalue weighted by Gasteiger charge is 2.33. The zero-order chi connectivity index (χ0) is 19.8. The van der Waals surface area contributed by atoms with Crippen molar-refractivity contribution in [2.75, 3.05) is 26.2 Å². The Morgan fingerprint density at radius 1 is 1.10 bits per heavy atom. The molecule has 6 heteroatoms. The van der Waals surface area contributed by atoms with E-state index in [1.807, 2.05) is 0 Å². The van der Waals surface area contributed by atoms with Crippen molar-refractivity contribution in [3.05, 3.63) is 30.1 Å². The van der Waals surface area contributed by atoms with Gasteiger partial charge in [0.15, 0.2) is 0 Å². The van der Waals surface area contributed by atoms with Crippen LogP contribution >= 0.6 is 0 Å². The first-order valence-corrected chi connectivity index (χ1v) is 11.3. The van der Waals surface area contributed by atoms with Crippen molar-refractivity contribution in [2.24, 2.45) is 13.0 Å². The van der Waals surface area contributed by atoms with Crippen molar-refractivity contribution in [2.45, 2.75) is 57.2 Å². The van der Waals surface area contributed by atoms with Crippen LogP contribution in [0.15, 0.2) is 24.3 Å². The number of hydrogen-bond acceptors (Lipinski definition) is 4. The third-order valence-electron chi connectivity index (χ3n) is 7.07. The smallest absolute Gasteiger partial charge is 0.224 e. The summed E-state index contributed by atoms with van der Waals surface area (Å²) in [5.74, 6) is 1.65. The number of aromatic nitrogens is 2. The van der Waals surface area contributed by atoms with Crippen LogP contribution in [0.2, 0.25) is 0 Å². The molecule has 1 amide bonds. The Bertz CT molecular complexity index is 865. The first-order chi connectivity index (χ1) is 14.2. The average Bonchev–Trinajstić information content (AvgIpc) is 3.52.